The number of oxazole rings is 1. The van der Waals surface area contributed by atoms with Crippen molar-refractivity contribution in [2.24, 2.45) is 5.73 Å². The molecule has 0 aliphatic heterocycles. The van der Waals surface area contributed by atoms with E-state index in [0.29, 0.717) is 5.56 Å². The summed E-state index contributed by atoms with van der Waals surface area (Å²) in [6.07, 6.45) is 2.21. The third-order valence-corrected chi connectivity index (χ3v) is 3.50. The Bertz CT molecular complexity index is 1070. The summed E-state index contributed by atoms with van der Waals surface area (Å²) in [6.45, 7) is -0.195. The number of hydrogen-bond donors (Lipinski definition) is 1. The first kappa shape index (κ1) is 17.0. The lowest BCUT2D eigenvalue weighted by Gasteiger charge is -2.05. The fourth-order valence-electron chi connectivity index (χ4n) is 2.32. The molecule has 3 aromatic rings. The highest BCUT2D eigenvalue weighted by Crippen LogP contribution is 2.20. The van der Waals surface area contributed by atoms with Crippen LogP contribution < -0.4 is 11.3 Å². The van der Waals surface area contributed by atoms with Crippen molar-refractivity contribution in [3.63, 3.8) is 0 Å². The van der Waals surface area contributed by atoms with Gasteiger partial charge in [-0.1, -0.05) is 6.07 Å². The highest BCUT2D eigenvalue weighted by molar-refractivity contribution is 5.92. The van der Waals surface area contributed by atoms with Crippen molar-refractivity contribution in [1.29, 1.82) is 0 Å². The minimum atomic E-state index is -1.08. The van der Waals surface area contributed by atoms with Crippen molar-refractivity contribution in [3.8, 4) is 11.5 Å². The normalized spacial score (nSPS) is 10.7. The van der Waals surface area contributed by atoms with Gasteiger partial charge in [0.2, 0.25) is 5.89 Å². The second-order valence-electron chi connectivity index (χ2n) is 5.32. The number of carbonyl (C=O) groups is 1. The molecule has 2 aromatic heterocycles. The Morgan fingerprint density at radius 2 is 2.15 bits per heavy atom. The van der Waals surface area contributed by atoms with E-state index in [0.717, 1.165) is 16.8 Å². The number of rotatable bonds is 5. The van der Waals surface area contributed by atoms with Crippen LogP contribution in [0, 0.1) is 15.9 Å². The van der Waals surface area contributed by atoms with Crippen LogP contribution in [0.2, 0.25) is 0 Å². The van der Waals surface area contributed by atoms with Gasteiger partial charge < -0.3 is 14.7 Å². The maximum absolute atomic E-state index is 13.3. The molecule has 132 valence electrons. The van der Waals surface area contributed by atoms with Crippen LogP contribution in [0.3, 0.4) is 0 Å². The lowest BCUT2D eigenvalue weighted by Crippen LogP contribution is -2.30. The monoisotopic (exact) mass is 358 g/mol. The van der Waals surface area contributed by atoms with Gasteiger partial charge in [-0.3, -0.25) is 19.7 Å². The van der Waals surface area contributed by atoms with Crippen molar-refractivity contribution in [3.05, 3.63) is 80.3 Å². The number of primary amides is 1. The van der Waals surface area contributed by atoms with E-state index in [1.807, 2.05) is 0 Å². The third kappa shape index (κ3) is 3.34. The van der Waals surface area contributed by atoms with Gasteiger partial charge in [0.1, 0.15) is 17.6 Å². The van der Waals surface area contributed by atoms with Crippen molar-refractivity contribution >= 4 is 11.6 Å². The molecule has 0 radical (unpaired) electrons. The molecule has 0 unspecified atom stereocenters. The molecule has 0 aliphatic carbocycles. The second kappa shape index (κ2) is 6.59. The summed E-state index contributed by atoms with van der Waals surface area (Å²) in [4.78, 5) is 37.9. The van der Waals surface area contributed by atoms with Crippen LogP contribution in [-0.2, 0) is 6.54 Å². The molecule has 26 heavy (non-hydrogen) atoms. The van der Waals surface area contributed by atoms with Gasteiger partial charge in [0, 0.05) is 11.6 Å². The van der Waals surface area contributed by atoms with Crippen molar-refractivity contribution < 1.29 is 18.5 Å². The summed E-state index contributed by atoms with van der Waals surface area (Å²) in [5, 5.41) is 11.0. The molecule has 1 amide bonds. The number of benzene rings is 1. The second-order valence-corrected chi connectivity index (χ2v) is 5.32. The number of nitrogens with two attached hydrogens (primary N) is 1. The maximum Gasteiger partial charge on any atom is 0.286 e. The van der Waals surface area contributed by atoms with Gasteiger partial charge in [-0.05, 0) is 18.2 Å². The van der Waals surface area contributed by atoms with Crippen molar-refractivity contribution in [2.45, 2.75) is 6.54 Å². The molecular weight excluding hydrogens is 347 g/mol. The maximum atomic E-state index is 13.3. The van der Waals surface area contributed by atoms with Crippen molar-refractivity contribution in [2.75, 3.05) is 0 Å². The zero-order valence-electron chi connectivity index (χ0n) is 13.1. The Morgan fingerprint density at radius 3 is 2.81 bits per heavy atom. The number of hydrogen-bond acceptors (Lipinski definition) is 6. The Labute approximate surface area is 144 Å². The summed E-state index contributed by atoms with van der Waals surface area (Å²) >= 11 is 0. The third-order valence-electron chi connectivity index (χ3n) is 3.50. The number of pyridine rings is 1. The Morgan fingerprint density at radius 1 is 1.38 bits per heavy atom. The van der Waals surface area contributed by atoms with E-state index in [4.69, 9.17) is 10.2 Å². The molecule has 3 rings (SSSR count). The van der Waals surface area contributed by atoms with Gasteiger partial charge in [0.25, 0.3) is 17.2 Å². The number of halogens is 1. The number of nitrogens with zero attached hydrogens (tertiary/aromatic N) is 3. The van der Waals surface area contributed by atoms with Crippen LogP contribution in [0.4, 0.5) is 10.1 Å². The van der Waals surface area contributed by atoms with Gasteiger partial charge >= 0.3 is 0 Å². The molecule has 0 spiro atoms. The first-order valence-corrected chi connectivity index (χ1v) is 7.24. The highest BCUT2D eigenvalue weighted by Gasteiger charge is 2.18. The topological polar surface area (TPSA) is 134 Å². The van der Waals surface area contributed by atoms with E-state index in [2.05, 4.69) is 4.98 Å². The van der Waals surface area contributed by atoms with Crippen LogP contribution in [0.25, 0.3) is 11.5 Å². The van der Waals surface area contributed by atoms with Crippen LogP contribution in [0.15, 0.2) is 52.0 Å². The zero-order chi connectivity index (χ0) is 18.8. The summed E-state index contributed by atoms with van der Waals surface area (Å²) in [6, 6.07) is 6.38. The van der Waals surface area contributed by atoms with Crippen LogP contribution >= 0.6 is 0 Å². The summed E-state index contributed by atoms with van der Waals surface area (Å²) < 4.78 is 19.5. The lowest BCUT2D eigenvalue weighted by atomic mass is 10.2. The Hall–Kier alpha value is -3.82. The van der Waals surface area contributed by atoms with Crippen LogP contribution in [0.5, 0.6) is 0 Å². The SMILES string of the molecule is NC(=O)c1cc([N+](=O)[O-])cn(Cc2coc(-c3cccc(F)c3)n2)c1=O. The molecule has 0 saturated heterocycles. The van der Waals surface area contributed by atoms with Gasteiger partial charge in [0.15, 0.2) is 0 Å². The standard InChI is InChI=1S/C16H11FN4O5/c17-10-3-1-2-9(4-10)15-19-11(8-26-15)6-20-7-12(21(24)25)5-13(14(18)22)16(20)23/h1-5,7-8H,6H2,(H2,18,22). The zero-order valence-corrected chi connectivity index (χ0v) is 13.1. The largest absolute Gasteiger partial charge is 0.444 e. The fourth-order valence-corrected chi connectivity index (χ4v) is 2.32. The lowest BCUT2D eigenvalue weighted by molar-refractivity contribution is -0.385. The summed E-state index contributed by atoms with van der Waals surface area (Å²) in [7, 11) is 0. The summed E-state index contributed by atoms with van der Waals surface area (Å²) in [5.74, 6) is -1.43. The molecule has 2 heterocycles. The molecule has 0 fully saturated rings. The quantitative estimate of drug-likeness (QED) is 0.545. The first-order chi connectivity index (χ1) is 12.3. The Balaban J connectivity index is 1.98. The van der Waals surface area contributed by atoms with E-state index >= 15 is 0 Å². The van der Waals surface area contributed by atoms with Crippen molar-refractivity contribution in [1.82, 2.24) is 9.55 Å². The minimum Gasteiger partial charge on any atom is -0.444 e. The van der Waals surface area contributed by atoms with E-state index in [9.17, 15) is 24.1 Å². The highest BCUT2D eigenvalue weighted by atomic mass is 19.1. The van der Waals surface area contributed by atoms with Gasteiger partial charge in [-0.15, -0.1) is 0 Å². The number of nitro groups is 1. The molecule has 0 saturated carbocycles. The summed E-state index contributed by atoms with van der Waals surface area (Å²) in [5.41, 5.74) is 3.97. The fraction of sp³-hybridized carbons (Fsp3) is 0.0625. The first-order valence-electron chi connectivity index (χ1n) is 7.24. The number of aromatic nitrogens is 2. The molecule has 2 N–H and O–H groups in total. The van der Waals surface area contributed by atoms with Crippen LogP contribution in [0.1, 0.15) is 16.1 Å². The van der Waals surface area contributed by atoms with Crippen LogP contribution in [-0.4, -0.2) is 20.4 Å². The van der Waals surface area contributed by atoms with Gasteiger partial charge in [-0.25, -0.2) is 9.37 Å². The van der Waals surface area contributed by atoms with Gasteiger partial charge in [0.05, 0.1) is 23.4 Å². The average Bonchev–Trinajstić information content (AvgIpc) is 3.04. The minimum absolute atomic E-state index is 0.119. The van der Waals surface area contributed by atoms with E-state index in [-0.39, 0.29) is 18.1 Å². The predicted molar refractivity (Wildman–Crippen MR) is 86.9 cm³/mol. The van der Waals surface area contributed by atoms with E-state index < -0.39 is 33.5 Å². The molecular formula is C16H11FN4O5. The molecule has 0 aliphatic rings. The number of amides is 1. The Kier molecular flexibility index (Phi) is 4.31. The molecule has 10 heteroatoms. The van der Waals surface area contributed by atoms with E-state index in [1.165, 1.54) is 24.5 Å². The number of carbonyl (C=O) groups excluding carboxylic acids is 1. The predicted octanol–water partition coefficient (Wildman–Crippen LogP) is 1.70. The molecule has 0 bridgehead atoms. The molecule has 1 aromatic carbocycles. The smallest absolute Gasteiger partial charge is 0.286 e. The van der Waals surface area contributed by atoms with Gasteiger partial charge in [-0.2, -0.15) is 0 Å². The average molecular weight is 358 g/mol. The van der Waals surface area contributed by atoms with E-state index in [1.54, 1.807) is 6.07 Å². The molecule has 0 atom stereocenters. The molecule has 9 nitrogen and oxygen atoms in total.